The molecule has 3 N–H and O–H groups in total. The molecule has 1 saturated carbocycles. The fourth-order valence-electron chi connectivity index (χ4n) is 3.45. The molecule has 0 radical (unpaired) electrons. The minimum Gasteiger partial charge on any atom is -0.391 e. The van der Waals surface area contributed by atoms with Crippen molar-refractivity contribution in [1.82, 2.24) is 4.90 Å². The Morgan fingerprint density at radius 3 is 2.56 bits per heavy atom. The van der Waals surface area contributed by atoms with Gasteiger partial charge in [0, 0.05) is 25.0 Å². The number of carbonyl (C=O) groups is 1. The smallest absolute Gasteiger partial charge is 0.226 e. The van der Waals surface area contributed by atoms with E-state index in [2.05, 4.69) is 20.8 Å². The van der Waals surface area contributed by atoms with Crippen LogP contribution < -0.4 is 5.73 Å². The van der Waals surface area contributed by atoms with Crippen LogP contribution >= 0.6 is 0 Å². The van der Waals surface area contributed by atoms with Crippen LogP contribution in [0.1, 0.15) is 40.0 Å². The molecule has 4 nitrogen and oxygen atoms in total. The van der Waals surface area contributed by atoms with Crippen LogP contribution in [-0.4, -0.2) is 41.1 Å². The second-order valence-corrected chi connectivity index (χ2v) is 6.63. The number of aliphatic hydroxyl groups is 1. The monoisotopic (exact) mass is 254 g/mol. The summed E-state index contributed by atoms with van der Waals surface area (Å²) in [5.74, 6) is 0.626. The summed E-state index contributed by atoms with van der Waals surface area (Å²) in [6.07, 6.45) is 2.19. The Kier molecular flexibility index (Phi) is 3.70. The van der Waals surface area contributed by atoms with Crippen molar-refractivity contribution in [3.8, 4) is 0 Å². The third-order valence-corrected chi connectivity index (χ3v) is 5.28. The van der Waals surface area contributed by atoms with Crippen molar-refractivity contribution in [3.05, 3.63) is 0 Å². The molecule has 1 amide bonds. The molecule has 1 aliphatic carbocycles. The summed E-state index contributed by atoms with van der Waals surface area (Å²) in [7, 11) is 0. The summed E-state index contributed by atoms with van der Waals surface area (Å²) >= 11 is 0. The van der Waals surface area contributed by atoms with Gasteiger partial charge in [-0.2, -0.15) is 0 Å². The highest BCUT2D eigenvalue weighted by molar-refractivity contribution is 5.80. The lowest BCUT2D eigenvalue weighted by Gasteiger charge is -2.47. The third-order valence-electron chi connectivity index (χ3n) is 5.28. The van der Waals surface area contributed by atoms with Gasteiger partial charge in [0.25, 0.3) is 0 Å². The summed E-state index contributed by atoms with van der Waals surface area (Å²) in [6, 6.07) is 0.202. The predicted octanol–water partition coefficient (Wildman–Crippen LogP) is 0.979. The molecule has 1 saturated heterocycles. The average molecular weight is 254 g/mol. The van der Waals surface area contributed by atoms with Crippen molar-refractivity contribution in [3.63, 3.8) is 0 Å². The number of amides is 1. The van der Waals surface area contributed by atoms with Crippen LogP contribution in [0.15, 0.2) is 0 Å². The molecule has 0 aromatic carbocycles. The van der Waals surface area contributed by atoms with Crippen molar-refractivity contribution in [1.29, 1.82) is 0 Å². The van der Waals surface area contributed by atoms with Crippen molar-refractivity contribution in [2.75, 3.05) is 13.1 Å². The van der Waals surface area contributed by atoms with E-state index in [1.807, 2.05) is 4.90 Å². The molecule has 0 aromatic rings. The van der Waals surface area contributed by atoms with Crippen LogP contribution in [0.25, 0.3) is 0 Å². The van der Waals surface area contributed by atoms with E-state index < -0.39 is 0 Å². The van der Waals surface area contributed by atoms with Crippen LogP contribution in [0, 0.1) is 17.3 Å². The summed E-state index contributed by atoms with van der Waals surface area (Å²) in [5, 5.41) is 9.56. The molecule has 0 aromatic heterocycles. The number of nitrogens with zero attached hydrogens (tertiary/aromatic N) is 1. The van der Waals surface area contributed by atoms with E-state index in [1.54, 1.807) is 0 Å². The van der Waals surface area contributed by atoms with Crippen LogP contribution in [-0.2, 0) is 4.79 Å². The summed E-state index contributed by atoms with van der Waals surface area (Å²) in [4.78, 5) is 14.4. The molecular formula is C14H26N2O2. The van der Waals surface area contributed by atoms with E-state index >= 15 is 0 Å². The number of hydrogen-bond donors (Lipinski definition) is 2. The lowest BCUT2D eigenvalue weighted by Crippen LogP contribution is -2.52. The van der Waals surface area contributed by atoms with Gasteiger partial charge in [0.15, 0.2) is 0 Å². The van der Waals surface area contributed by atoms with Gasteiger partial charge in [-0.25, -0.2) is 0 Å². The highest BCUT2D eigenvalue weighted by Crippen LogP contribution is 2.45. The number of nitrogens with two attached hydrogens (primary N) is 1. The van der Waals surface area contributed by atoms with Gasteiger partial charge in [0.2, 0.25) is 5.91 Å². The molecule has 2 aliphatic rings. The first-order valence-electron chi connectivity index (χ1n) is 7.06. The first kappa shape index (κ1) is 13.8. The fraction of sp³-hybridized carbons (Fsp3) is 0.929. The van der Waals surface area contributed by atoms with Gasteiger partial charge in [-0.15, -0.1) is 0 Å². The first-order valence-corrected chi connectivity index (χ1v) is 7.06. The molecule has 1 aliphatic heterocycles. The van der Waals surface area contributed by atoms with Gasteiger partial charge in [-0.3, -0.25) is 4.79 Å². The molecule has 18 heavy (non-hydrogen) atoms. The van der Waals surface area contributed by atoms with Gasteiger partial charge in [0.05, 0.1) is 6.10 Å². The van der Waals surface area contributed by atoms with Crippen molar-refractivity contribution in [2.24, 2.45) is 23.0 Å². The number of carbonyl (C=O) groups excluding carboxylic acids is 1. The van der Waals surface area contributed by atoms with Gasteiger partial charge in [-0.05, 0) is 30.6 Å². The Hall–Kier alpha value is -0.610. The normalized spacial score (nSPS) is 39.9. The Bertz CT molecular complexity index is 330. The lowest BCUT2D eigenvalue weighted by atomic mass is 9.61. The summed E-state index contributed by atoms with van der Waals surface area (Å²) < 4.78 is 0. The minimum absolute atomic E-state index is 0.0533. The molecule has 2 rings (SSSR count). The van der Waals surface area contributed by atoms with Crippen LogP contribution in [0.3, 0.4) is 0 Å². The largest absolute Gasteiger partial charge is 0.391 e. The Morgan fingerprint density at radius 1 is 1.33 bits per heavy atom. The maximum Gasteiger partial charge on any atom is 0.226 e. The van der Waals surface area contributed by atoms with Gasteiger partial charge >= 0.3 is 0 Å². The Labute approximate surface area is 110 Å². The summed E-state index contributed by atoms with van der Waals surface area (Å²) in [6.45, 7) is 7.68. The van der Waals surface area contributed by atoms with Gasteiger partial charge in [0.1, 0.15) is 0 Å². The zero-order valence-electron chi connectivity index (χ0n) is 11.7. The fourth-order valence-corrected chi connectivity index (χ4v) is 3.45. The molecule has 0 spiro atoms. The van der Waals surface area contributed by atoms with Crippen molar-refractivity contribution >= 4 is 5.91 Å². The number of hydrogen-bond acceptors (Lipinski definition) is 3. The molecule has 4 heteroatoms. The standard InChI is InChI=1S/C14H26N2O2/c1-9-12(15)5-4-11(14(9,2)3)13(18)16-7-6-10(17)8-16/h9-12,17H,4-8,15H2,1-3H3/t9?,10-,11?,12?/m0/s1. The Morgan fingerprint density at radius 2 is 2.00 bits per heavy atom. The van der Waals surface area contributed by atoms with Gasteiger partial charge < -0.3 is 15.7 Å². The Balaban J connectivity index is 2.10. The second kappa shape index (κ2) is 4.82. The van der Waals surface area contributed by atoms with E-state index in [1.165, 1.54) is 0 Å². The third kappa shape index (κ3) is 2.28. The quantitative estimate of drug-likeness (QED) is 0.733. The SMILES string of the molecule is CC1C(N)CCC(C(=O)N2CC[C@H](O)C2)C1(C)C. The molecule has 0 bridgehead atoms. The van der Waals surface area contributed by atoms with E-state index in [0.29, 0.717) is 25.4 Å². The van der Waals surface area contributed by atoms with E-state index in [4.69, 9.17) is 5.73 Å². The zero-order chi connectivity index (χ0) is 13.5. The van der Waals surface area contributed by atoms with Crippen LogP contribution in [0.5, 0.6) is 0 Å². The maximum atomic E-state index is 12.6. The maximum absolute atomic E-state index is 12.6. The molecule has 1 heterocycles. The molecule has 104 valence electrons. The molecule has 4 atom stereocenters. The topological polar surface area (TPSA) is 66.6 Å². The molecular weight excluding hydrogens is 228 g/mol. The van der Waals surface area contributed by atoms with Crippen molar-refractivity contribution < 1.29 is 9.90 Å². The van der Waals surface area contributed by atoms with Crippen LogP contribution in [0.2, 0.25) is 0 Å². The second-order valence-electron chi connectivity index (χ2n) is 6.63. The summed E-state index contributed by atoms with van der Waals surface area (Å²) in [5.41, 5.74) is 6.07. The van der Waals surface area contributed by atoms with Crippen molar-refractivity contribution in [2.45, 2.75) is 52.2 Å². The van der Waals surface area contributed by atoms with E-state index in [-0.39, 0.29) is 29.4 Å². The van der Waals surface area contributed by atoms with E-state index in [9.17, 15) is 9.90 Å². The van der Waals surface area contributed by atoms with Gasteiger partial charge in [-0.1, -0.05) is 20.8 Å². The lowest BCUT2D eigenvalue weighted by molar-refractivity contribution is -0.142. The number of β-amino-alcohol motifs (C(OH)–C–C–N with tert-alkyl or cyclic N) is 1. The number of likely N-dealkylation sites (tertiary alicyclic amines) is 1. The highest BCUT2D eigenvalue weighted by Gasteiger charge is 2.46. The van der Waals surface area contributed by atoms with Crippen LogP contribution in [0.4, 0.5) is 0 Å². The van der Waals surface area contributed by atoms with E-state index in [0.717, 1.165) is 12.8 Å². The zero-order valence-corrected chi connectivity index (χ0v) is 11.7. The minimum atomic E-state index is -0.333. The predicted molar refractivity (Wildman–Crippen MR) is 70.8 cm³/mol. The molecule has 3 unspecified atom stereocenters. The highest BCUT2D eigenvalue weighted by atomic mass is 16.3. The number of aliphatic hydroxyl groups excluding tert-OH is 1. The molecule has 2 fully saturated rings. The average Bonchev–Trinajstić information content (AvgIpc) is 2.72. The number of rotatable bonds is 1. The first-order chi connectivity index (χ1) is 8.34.